The van der Waals surface area contributed by atoms with Gasteiger partial charge in [0.2, 0.25) is 16.0 Å². The summed E-state index contributed by atoms with van der Waals surface area (Å²) in [6, 6.07) is 5.95. The maximum Gasteiger partial charge on any atom is 0.239 e. The summed E-state index contributed by atoms with van der Waals surface area (Å²) < 4.78 is 38.0. The van der Waals surface area contributed by atoms with Gasteiger partial charge in [-0.05, 0) is 30.2 Å². The lowest BCUT2D eigenvalue weighted by Gasteiger charge is -2.20. The van der Waals surface area contributed by atoms with Crippen LogP contribution in [0.2, 0.25) is 0 Å². The van der Waals surface area contributed by atoms with E-state index in [2.05, 4.69) is 25.9 Å². The standard InChI is InChI=1S/C16H19BrFN3O2S.H3P/c1-10(2)14-13(9-17)15(11-5-7-12(18)8-6-11)20-16(19-14)21(3)24(4,22)23;/h5-8,10H,9H2,1-4H3;1H3. The highest BCUT2D eigenvalue weighted by Crippen LogP contribution is 2.31. The summed E-state index contributed by atoms with van der Waals surface area (Å²) in [5.41, 5.74) is 2.92. The molecular formula is C16H22BrFN3O2PS. The van der Waals surface area contributed by atoms with Crippen molar-refractivity contribution in [3.8, 4) is 11.3 Å². The zero-order valence-electron chi connectivity index (χ0n) is 14.6. The zero-order valence-corrected chi connectivity index (χ0v) is 18.4. The van der Waals surface area contributed by atoms with Crippen molar-refractivity contribution in [2.24, 2.45) is 0 Å². The molecule has 0 spiro atoms. The lowest BCUT2D eigenvalue weighted by atomic mass is 10.00. The lowest BCUT2D eigenvalue weighted by Crippen LogP contribution is -2.27. The van der Waals surface area contributed by atoms with E-state index in [0.717, 1.165) is 21.8 Å². The van der Waals surface area contributed by atoms with Gasteiger partial charge in [0.15, 0.2) is 0 Å². The summed E-state index contributed by atoms with van der Waals surface area (Å²) in [5, 5.41) is 0.510. The van der Waals surface area contributed by atoms with Gasteiger partial charge in [0.1, 0.15) is 5.82 Å². The van der Waals surface area contributed by atoms with Crippen molar-refractivity contribution in [3.63, 3.8) is 0 Å². The SMILES string of the molecule is CC(C)c1nc(N(C)S(C)(=O)=O)nc(-c2ccc(F)cc2)c1CBr.P. The third-order valence-electron chi connectivity index (χ3n) is 3.60. The fourth-order valence-electron chi connectivity index (χ4n) is 2.23. The quantitative estimate of drug-likeness (QED) is 0.514. The van der Waals surface area contributed by atoms with Crippen LogP contribution >= 0.6 is 25.8 Å². The summed E-state index contributed by atoms with van der Waals surface area (Å²) >= 11 is 3.45. The Kier molecular flexibility index (Phi) is 7.47. The minimum atomic E-state index is -3.49. The van der Waals surface area contributed by atoms with Crippen LogP contribution < -0.4 is 4.31 Å². The molecule has 2 aromatic rings. The van der Waals surface area contributed by atoms with Crippen LogP contribution in [0.15, 0.2) is 24.3 Å². The molecule has 1 aromatic carbocycles. The summed E-state index contributed by atoms with van der Waals surface area (Å²) in [6.07, 6.45) is 1.10. The normalized spacial score (nSPS) is 11.3. The summed E-state index contributed by atoms with van der Waals surface area (Å²) in [6.45, 7) is 3.96. The molecule has 0 saturated heterocycles. The topological polar surface area (TPSA) is 63.2 Å². The fourth-order valence-corrected chi connectivity index (χ4v) is 3.17. The van der Waals surface area contributed by atoms with Crippen LogP contribution in [0.5, 0.6) is 0 Å². The molecule has 0 saturated carbocycles. The molecule has 0 amide bonds. The number of rotatable bonds is 5. The molecule has 138 valence electrons. The minimum absolute atomic E-state index is 0. The molecule has 1 atom stereocenters. The van der Waals surface area contributed by atoms with Gasteiger partial charge in [-0.15, -0.1) is 0 Å². The van der Waals surface area contributed by atoms with E-state index in [4.69, 9.17) is 0 Å². The predicted octanol–water partition coefficient (Wildman–Crippen LogP) is 3.75. The molecule has 0 aliphatic heterocycles. The lowest BCUT2D eigenvalue weighted by molar-refractivity contribution is 0.599. The Labute approximate surface area is 159 Å². The van der Waals surface area contributed by atoms with Crippen LogP contribution in [-0.2, 0) is 15.4 Å². The molecule has 2 rings (SSSR count). The van der Waals surface area contributed by atoms with Crippen molar-refractivity contribution < 1.29 is 12.8 Å². The molecule has 0 bridgehead atoms. The van der Waals surface area contributed by atoms with Gasteiger partial charge in [-0.2, -0.15) is 9.90 Å². The zero-order chi connectivity index (χ0) is 18.1. The average molecular weight is 450 g/mol. The van der Waals surface area contributed by atoms with Crippen LogP contribution in [0.1, 0.15) is 31.0 Å². The fraction of sp³-hybridized carbons (Fsp3) is 0.375. The van der Waals surface area contributed by atoms with Crippen molar-refractivity contribution in [1.29, 1.82) is 0 Å². The Balaban J connectivity index is 0.00000312. The Morgan fingerprint density at radius 1 is 1.20 bits per heavy atom. The third-order valence-corrected chi connectivity index (χ3v) is 5.32. The van der Waals surface area contributed by atoms with Crippen LogP contribution in [0, 0.1) is 5.82 Å². The molecule has 0 aliphatic rings. The number of hydrogen-bond donors (Lipinski definition) is 0. The summed E-state index contributed by atoms with van der Waals surface area (Å²) in [4.78, 5) is 8.88. The van der Waals surface area contributed by atoms with E-state index in [9.17, 15) is 12.8 Å². The predicted molar refractivity (Wildman–Crippen MR) is 108 cm³/mol. The van der Waals surface area contributed by atoms with E-state index in [0.29, 0.717) is 16.6 Å². The molecule has 9 heteroatoms. The molecule has 5 nitrogen and oxygen atoms in total. The molecule has 1 unspecified atom stereocenters. The monoisotopic (exact) mass is 449 g/mol. The number of benzene rings is 1. The van der Waals surface area contributed by atoms with Gasteiger partial charge in [0.05, 0.1) is 17.6 Å². The van der Waals surface area contributed by atoms with Gasteiger partial charge < -0.3 is 0 Å². The maximum absolute atomic E-state index is 13.2. The van der Waals surface area contributed by atoms with E-state index in [1.54, 1.807) is 12.1 Å². The number of anilines is 1. The maximum atomic E-state index is 13.2. The van der Waals surface area contributed by atoms with E-state index in [1.165, 1.54) is 19.2 Å². The molecule has 25 heavy (non-hydrogen) atoms. The van der Waals surface area contributed by atoms with Crippen molar-refractivity contribution in [3.05, 3.63) is 41.3 Å². The van der Waals surface area contributed by atoms with Gasteiger partial charge in [-0.1, -0.05) is 29.8 Å². The summed E-state index contributed by atoms with van der Waals surface area (Å²) in [5.74, 6) is -0.164. The average Bonchev–Trinajstić information content (AvgIpc) is 2.52. The van der Waals surface area contributed by atoms with Crippen molar-refractivity contribution in [2.45, 2.75) is 25.1 Å². The van der Waals surface area contributed by atoms with Gasteiger partial charge >= 0.3 is 0 Å². The number of aromatic nitrogens is 2. The van der Waals surface area contributed by atoms with Gasteiger partial charge in [-0.3, -0.25) is 0 Å². The third kappa shape index (κ3) is 4.96. The molecule has 0 N–H and O–H groups in total. The number of alkyl halides is 1. The Morgan fingerprint density at radius 2 is 1.76 bits per heavy atom. The second-order valence-electron chi connectivity index (χ2n) is 5.76. The molecule has 0 aliphatic carbocycles. The van der Waals surface area contributed by atoms with Crippen LogP contribution in [0.25, 0.3) is 11.3 Å². The Morgan fingerprint density at radius 3 is 2.20 bits per heavy atom. The molecule has 0 fully saturated rings. The first-order chi connectivity index (χ1) is 11.1. The van der Waals surface area contributed by atoms with E-state index in [-0.39, 0.29) is 27.6 Å². The van der Waals surface area contributed by atoms with Crippen molar-refractivity contribution in [1.82, 2.24) is 9.97 Å². The van der Waals surface area contributed by atoms with E-state index in [1.807, 2.05) is 13.8 Å². The smallest absolute Gasteiger partial charge is 0.239 e. The van der Waals surface area contributed by atoms with Crippen molar-refractivity contribution >= 4 is 41.8 Å². The number of sulfonamides is 1. The van der Waals surface area contributed by atoms with Crippen LogP contribution in [0.4, 0.5) is 10.3 Å². The minimum Gasteiger partial charge on any atom is -0.241 e. The Hall–Kier alpha value is -1.11. The number of nitrogens with zero attached hydrogens (tertiary/aromatic N) is 3. The molecular weight excluding hydrogens is 428 g/mol. The first kappa shape index (κ1) is 21.9. The Bertz CT molecular complexity index is 845. The highest BCUT2D eigenvalue weighted by molar-refractivity contribution is 9.08. The number of hydrogen-bond acceptors (Lipinski definition) is 4. The van der Waals surface area contributed by atoms with E-state index < -0.39 is 10.0 Å². The van der Waals surface area contributed by atoms with Gasteiger partial charge in [0, 0.05) is 23.5 Å². The first-order valence-electron chi connectivity index (χ1n) is 7.31. The van der Waals surface area contributed by atoms with E-state index >= 15 is 0 Å². The highest BCUT2D eigenvalue weighted by atomic mass is 79.9. The van der Waals surface area contributed by atoms with Crippen molar-refractivity contribution in [2.75, 3.05) is 17.6 Å². The van der Waals surface area contributed by atoms with Crippen LogP contribution in [-0.4, -0.2) is 31.7 Å². The first-order valence-corrected chi connectivity index (χ1v) is 10.3. The van der Waals surface area contributed by atoms with Crippen LogP contribution in [0.3, 0.4) is 0 Å². The second-order valence-corrected chi connectivity index (χ2v) is 8.34. The second kappa shape index (κ2) is 8.52. The highest BCUT2D eigenvalue weighted by Gasteiger charge is 2.22. The largest absolute Gasteiger partial charge is 0.241 e. The molecule has 1 heterocycles. The number of halogens is 2. The molecule has 1 aromatic heterocycles. The van der Waals surface area contributed by atoms with Gasteiger partial charge in [-0.25, -0.2) is 27.1 Å². The van der Waals surface area contributed by atoms with Gasteiger partial charge in [0.25, 0.3) is 0 Å². The summed E-state index contributed by atoms with van der Waals surface area (Å²) in [7, 11) is -2.07. The molecule has 0 radical (unpaired) electrons.